The number of nitrogens with one attached hydrogen (secondary N) is 2. The van der Waals surface area contributed by atoms with E-state index in [0.29, 0.717) is 11.5 Å². The van der Waals surface area contributed by atoms with Crippen LogP contribution in [0.5, 0.6) is 5.75 Å². The number of hydrogen-bond donors (Lipinski definition) is 2. The molecule has 186 valence electrons. The number of anilines is 1. The summed E-state index contributed by atoms with van der Waals surface area (Å²) in [5, 5.41) is 2.70. The predicted molar refractivity (Wildman–Crippen MR) is 139 cm³/mol. The van der Waals surface area contributed by atoms with Gasteiger partial charge in [-0.1, -0.05) is 37.3 Å². The van der Waals surface area contributed by atoms with E-state index in [4.69, 9.17) is 4.74 Å². The molecule has 1 aromatic heterocycles. The summed E-state index contributed by atoms with van der Waals surface area (Å²) in [6.45, 7) is 7.28. The summed E-state index contributed by atoms with van der Waals surface area (Å²) >= 11 is 0. The molecule has 0 bridgehead atoms. The number of carbonyl (C=O) groups excluding carboxylic acids is 1. The van der Waals surface area contributed by atoms with Crippen molar-refractivity contribution in [2.45, 2.75) is 40.0 Å². The molecule has 0 aliphatic carbocycles. The number of aromatic amines is 1. The van der Waals surface area contributed by atoms with Gasteiger partial charge in [-0.25, -0.2) is 13.8 Å². The van der Waals surface area contributed by atoms with Gasteiger partial charge in [0.2, 0.25) is 0 Å². The monoisotopic (exact) mass is 489 g/mol. The summed E-state index contributed by atoms with van der Waals surface area (Å²) in [5.74, 6) is -2.17. The van der Waals surface area contributed by atoms with Crippen LogP contribution in [0.1, 0.15) is 46.2 Å². The van der Waals surface area contributed by atoms with Crippen LogP contribution in [-0.2, 0) is 5.92 Å². The van der Waals surface area contributed by atoms with Crippen LogP contribution in [0.2, 0.25) is 0 Å². The van der Waals surface area contributed by atoms with Gasteiger partial charge < -0.3 is 15.0 Å². The zero-order valence-electron chi connectivity index (χ0n) is 21.0. The van der Waals surface area contributed by atoms with E-state index in [-0.39, 0.29) is 23.4 Å². The highest BCUT2D eigenvalue weighted by Gasteiger charge is 2.29. The van der Waals surface area contributed by atoms with E-state index in [2.05, 4.69) is 41.3 Å². The lowest BCUT2D eigenvalue weighted by Gasteiger charge is -2.15. The number of benzene rings is 3. The molecule has 0 atom stereocenters. The van der Waals surface area contributed by atoms with E-state index in [9.17, 15) is 13.6 Å². The molecule has 0 spiro atoms. The maximum Gasteiger partial charge on any atom is 0.276 e. The van der Waals surface area contributed by atoms with Gasteiger partial charge in [-0.15, -0.1) is 0 Å². The fourth-order valence-corrected chi connectivity index (χ4v) is 4.33. The highest BCUT2D eigenvalue weighted by atomic mass is 19.3. The average molecular weight is 490 g/mol. The number of hydrogen-bond acceptors (Lipinski definition) is 3. The van der Waals surface area contributed by atoms with Crippen LogP contribution in [0, 0.1) is 20.8 Å². The van der Waals surface area contributed by atoms with Crippen molar-refractivity contribution in [3.63, 3.8) is 0 Å². The number of alkyl halides is 2. The van der Waals surface area contributed by atoms with Gasteiger partial charge in [-0.05, 0) is 67.8 Å². The fraction of sp³-hybridized carbons (Fsp3) is 0.241. The Bertz CT molecular complexity index is 1410. The Morgan fingerprint density at radius 2 is 1.72 bits per heavy atom. The standard InChI is InChI=1S/C29H29F2N3O2/c1-6-29(30,31)21-11-8-12-22(16-21)33-28(35)26-19(4)32-27(34-26)20-13-14-24(36-5)23(15-20)25-17(2)9-7-10-18(25)3/h7-16H,6H2,1-5H3,(H,32,34)(H,33,35). The van der Waals surface area contributed by atoms with Crippen molar-refractivity contribution in [1.29, 1.82) is 0 Å². The van der Waals surface area contributed by atoms with Crippen LogP contribution in [0.15, 0.2) is 60.7 Å². The van der Waals surface area contributed by atoms with Crippen molar-refractivity contribution in [2.75, 3.05) is 12.4 Å². The first-order valence-electron chi connectivity index (χ1n) is 11.8. The Morgan fingerprint density at radius 3 is 2.39 bits per heavy atom. The lowest BCUT2D eigenvalue weighted by Crippen LogP contribution is -2.15. The summed E-state index contributed by atoms with van der Waals surface area (Å²) in [7, 11) is 1.64. The topological polar surface area (TPSA) is 67.0 Å². The summed E-state index contributed by atoms with van der Waals surface area (Å²) in [6.07, 6.45) is -0.321. The van der Waals surface area contributed by atoms with Gasteiger partial charge in [-0.2, -0.15) is 0 Å². The number of halogens is 2. The Kier molecular flexibility index (Phi) is 6.93. The largest absolute Gasteiger partial charge is 0.496 e. The molecule has 0 saturated carbocycles. The minimum Gasteiger partial charge on any atom is -0.496 e. The maximum atomic E-state index is 14.1. The summed E-state index contributed by atoms with van der Waals surface area (Å²) < 4.78 is 33.8. The second-order valence-electron chi connectivity index (χ2n) is 8.83. The number of amides is 1. The van der Waals surface area contributed by atoms with Crippen LogP contribution in [0.25, 0.3) is 22.5 Å². The zero-order chi connectivity index (χ0) is 26.0. The lowest BCUT2D eigenvalue weighted by molar-refractivity contribution is -0.00824. The van der Waals surface area contributed by atoms with Crippen molar-refractivity contribution in [1.82, 2.24) is 9.97 Å². The van der Waals surface area contributed by atoms with Gasteiger partial charge >= 0.3 is 0 Å². The highest BCUT2D eigenvalue weighted by Crippen LogP contribution is 2.37. The number of methoxy groups -OCH3 is 1. The number of aromatic nitrogens is 2. The van der Waals surface area contributed by atoms with Gasteiger partial charge in [0.05, 0.1) is 7.11 Å². The van der Waals surface area contributed by atoms with E-state index in [0.717, 1.165) is 33.6 Å². The quantitative estimate of drug-likeness (QED) is 0.284. The van der Waals surface area contributed by atoms with Crippen molar-refractivity contribution >= 4 is 11.6 Å². The van der Waals surface area contributed by atoms with Crippen LogP contribution >= 0.6 is 0 Å². The predicted octanol–water partition coefficient (Wildman–Crippen LogP) is 7.43. The first-order chi connectivity index (χ1) is 17.1. The van der Waals surface area contributed by atoms with E-state index < -0.39 is 11.8 Å². The van der Waals surface area contributed by atoms with E-state index in [1.54, 1.807) is 20.1 Å². The summed E-state index contributed by atoms with van der Waals surface area (Å²) in [5.41, 5.74) is 5.97. The molecule has 0 radical (unpaired) electrons. The molecule has 4 aromatic rings. The van der Waals surface area contributed by atoms with E-state index >= 15 is 0 Å². The first kappa shape index (κ1) is 25.1. The molecule has 1 amide bonds. The number of ether oxygens (including phenoxy) is 1. The van der Waals surface area contributed by atoms with Gasteiger partial charge in [0.25, 0.3) is 11.8 Å². The molecular weight excluding hydrogens is 460 g/mol. The zero-order valence-corrected chi connectivity index (χ0v) is 21.0. The molecule has 0 unspecified atom stereocenters. The minimum atomic E-state index is -2.96. The number of aryl methyl sites for hydroxylation is 3. The molecule has 7 heteroatoms. The summed E-state index contributed by atoms with van der Waals surface area (Å²) in [6, 6.07) is 17.6. The third kappa shape index (κ3) is 4.87. The van der Waals surface area contributed by atoms with Crippen molar-refractivity contribution < 1.29 is 18.3 Å². The van der Waals surface area contributed by atoms with E-state index in [1.165, 1.54) is 25.1 Å². The third-order valence-corrected chi connectivity index (χ3v) is 6.31. The van der Waals surface area contributed by atoms with Crippen molar-refractivity contribution in [2.24, 2.45) is 0 Å². The number of nitrogens with zero attached hydrogens (tertiary/aromatic N) is 1. The summed E-state index contributed by atoms with van der Waals surface area (Å²) in [4.78, 5) is 20.7. The number of H-pyrrole nitrogens is 1. The minimum absolute atomic E-state index is 0.139. The highest BCUT2D eigenvalue weighted by molar-refractivity contribution is 6.04. The molecule has 0 aliphatic rings. The van der Waals surface area contributed by atoms with Gasteiger partial charge in [0.15, 0.2) is 0 Å². The van der Waals surface area contributed by atoms with Gasteiger partial charge in [0.1, 0.15) is 17.3 Å². The molecule has 1 heterocycles. The Hall–Kier alpha value is -4.00. The smallest absolute Gasteiger partial charge is 0.276 e. The molecule has 36 heavy (non-hydrogen) atoms. The number of imidazole rings is 1. The third-order valence-electron chi connectivity index (χ3n) is 6.31. The average Bonchev–Trinajstić information content (AvgIpc) is 3.25. The molecule has 0 aliphatic heterocycles. The lowest BCUT2D eigenvalue weighted by atomic mass is 9.94. The first-order valence-corrected chi connectivity index (χ1v) is 11.8. The van der Waals surface area contributed by atoms with Crippen LogP contribution < -0.4 is 10.1 Å². The second kappa shape index (κ2) is 9.93. The molecule has 2 N–H and O–H groups in total. The van der Waals surface area contributed by atoms with Gasteiger partial charge in [0, 0.05) is 34.5 Å². The molecule has 0 fully saturated rings. The Morgan fingerprint density at radius 1 is 1.03 bits per heavy atom. The van der Waals surface area contributed by atoms with Crippen LogP contribution in [0.3, 0.4) is 0 Å². The fourth-order valence-electron chi connectivity index (χ4n) is 4.33. The Labute approximate surface area is 209 Å². The Balaban J connectivity index is 1.67. The maximum absolute atomic E-state index is 14.1. The molecule has 5 nitrogen and oxygen atoms in total. The van der Waals surface area contributed by atoms with Gasteiger partial charge in [-0.3, -0.25) is 4.79 Å². The van der Waals surface area contributed by atoms with Crippen LogP contribution in [0.4, 0.5) is 14.5 Å². The number of carbonyl (C=O) groups is 1. The number of rotatable bonds is 7. The normalized spacial score (nSPS) is 11.4. The molecular formula is C29H29F2N3O2. The molecule has 3 aromatic carbocycles. The van der Waals surface area contributed by atoms with Crippen molar-refractivity contribution in [3.8, 4) is 28.3 Å². The SMILES string of the molecule is CCC(F)(F)c1cccc(NC(=O)c2nc(-c3ccc(OC)c(-c4c(C)cccc4C)c3)[nH]c2C)c1. The van der Waals surface area contributed by atoms with Crippen molar-refractivity contribution in [3.05, 3.63) is 88.7 Å². The van der Waals surface area contributed by atoms with Crippen LogP contribution in [-0.4, -0.2) is 23.0 Å². The molecule has 0 saturated heterocycles. The van der Waals surface area contributed by atoms with E-state index in [1.807, 2.05) is 24.3 Å². The second-order valence-corrected chi connectivity index (χ2v) is 8.83. The molecule has 4 rings (SSSR count).